The van der Waals surface area contributed by atoms with Crippen molar-refractivity contribution in [3.63, 3.8) is 0 Å². The summed E-state index contributed by atoms with van der Waals surface area (Å²) in [5.41, 5.74) is 0.458. The third kappa shape index (κ3) is 4.28. The number of carbonyl (C=O) groups is 2. The lowest BCUT2D eigenvalue weighted by Gasteiger charge is -2.30. The zero-order valence-corrected chi connectivity index (χ0v) is 13.9. The van der Waals surface area contributed by atoms with E-state index in [1.807, 2.05) is 30.3 Å². The van der Waals surface area contributed by atoms with E-state index in [0.29, 0.717) is 12.0 Å². The molecule has 0 atom stereocenters. The molecule has 2 aromatic rings. The Balaban J connectivity index is 1.63. The number of carbonyl (C=O) groups excluding carboxylic acids is 2. The molecule has 1 saturated heterocycles. The molecule has 0 N–H and O–H groups in total. The Labute approximate surface area is 148 Å². The number of hydrogen-bond donors (Lipinski definition) is 0. The van der Waals surface area contributed by atoms with Crippen molar-refractivity contribution in [3.8, 4) is 0 Å². The first kappa shape index (κ1) is 18.1. The Hall–Kier alpha value is -2.70. The van der Waals surface area contributed by atoms with Crippen LogP contribution in [0.2, 0.25) is 0 Å². The van der Waals surface area contributed by atoms with E-state index in [-0.39, 0.29) is 37.1 Å². The number of halogens is 3. The fourth-order valence-corrected chi connectivity index (χ4v) is 3.06. The van der Waals surface area contributed by atoms with Gasteiger partial charge in [0.2, 0.25) is 11.8 Å². The van der Waals surface area contributed by atoms with E-state index >= 15 is 0 Å². The van der Waals surface area contributed by atoms with E-state index < -0.39 is 11.9 Å². The number of alkyl halides is 3. The van der Waals surface area contributed by atoms with Crippen LogP contribution in [0, 0.1) is 5.92 Å². The number of pyridine rings is 1. The van der Waals surface area contributed by atoms with Gasteiger partial charge in [0.05, 0.1) is 6.54 Å². The highest BCUT2D eigenvalue weighted by molar-refractivity contribution is 5.97. The van der Waals surface area contributed by atoms with Gasteiger partial charge in [0.1, 0.15) is 5.69 Å². The highest BCUT2D eigenvalue weighted by Gasteiger charge is 2.34. The number of aromatic nitrogens is 1. The lowest BCUT2D eigenvalue weighted by molar-refractivity contribution is -0.151. The Morgan fingerprint density at radius 1 is 0.962 bits per heavy atom. The van der Waals surface area contributed by atoms with Crippen LogP contribution in [0.15, 0.2) is 48.7 Å². The Kier molecular flexibility index (Phi) is 5.06. The van der Waals surface area contributed by atoms with Gasteiger partial charge >= 0.3 is 6.18 Å². The number of amides is 2. The van der Waals surface area contributed by atoms with Crippen LogP contribution < -0.4 is 0 Å². The topological polar surface area (TPSA) is 50.3 Å². The smallest absolute Gasteiger partial charge is 0.278 e. The molecule has 2 amide bonds. The molecule has 1 aliphatic rings. The monoisotopic (exact) mass is 362 g/mol. The molecule has 0 aliphatic carbocycles. The number of hydrogen-bond acceptors (Lipinski definition) is 3. The number of rotatable bonds is 4. The molecule has 26 heavy (non-hydrogen) atoms. The summed E-state index contributed by atoms with van der Waals surface area (Å²) in [6, 6.07) is 11.7. The molecule has 0 spiro atoms. The van der Waals surface area contributed by atoms with E-state index in [9.17, 15) is 22.8 Å². The van der Waals surface area contributed by atoms with Crippen LogP contribution >= 0.6 is 0 Å². The van der Waals surface area contributed by atoms with Gasteiger partial charge in [-0.25, -0.2) is 0 Å². The van der Waals surface area contributed by atoms with Gasteiger partial charge in [0.25, 0.3) is 0 Å². The average Bonchev–Trinajstić information content (AvgIpc) is 2.59. The maximum Gasteiger partial charge on any atom is 0.433 e. The molecular formula is C19H17F3N2O2. The summed E-state index contributed by atoms with van der Waals surface area (Å²) in [7, 11) is 0. The SMILES string of the molecule is O=C1CC(Cc2ccccc2)CC(=O)N1Cc1ccc(C(F)(F)F)nc1. The summed E-state index contributed by atoms with van der Waals surface area (Å²) in [6.45, 7) is -0.0547. The van der Waals surface area contributed by atoms with Gasteiger partial charge in [-0.2, -0.15) is 13.2 Å². The van der Waals surface area contributed by atoms with Crippen LogP contribution in [-0.4, -0.2) is 21.7 Å². The van der Waals surface area contributed by atoms with Crippen molar-refractivity contribution in [3.05, 3.63) is 65.5 Å². The molecular weight excluding hydrogens is 345 g/mol. The summed E-state index contributed by atoms with van der Waals surface area (Å²) >= 11 is 0. The maximum absolute atomic E-state index is 12.5. The van der Waals surface area contributed by atoms with E-state index in [1.165, 1.54) is 6.07 Å². The molecule has 4 nitrogen and oxygen atoms in total. The van der Waals surface area contributed by atoms with Crippen LogP contribution in [0.4, 0.5) is 13.2 Å². The summed E-state index contributed by atoms with van der Waals surface area (Å²) < 4.78 is 37.6. The van der Waals surface area contributed by atoms with Gasteiger partial charge in [-0.3, -0.25) is 19.5 Å². The molecule has 1 aromatic carbocycles. The van der Waals surface area contributed by atoms with Crippen molar-refractivity contribution < 1.29 is 22.8 Å². The quantitative estimate of drug-likeness (QED) is 0.781. The predicted octanol–water partition coefficient (Wildman–Crippen LogP) is 3.61. The second kappa shape index (κ2) is 7.27. The first-order valence-corrected chi connectivity index (χ1v) is 8.22. The molecule has 0 bridgehead atoms. The zero-order chi connectivity index (χ0) is 18.7. The third-order valence-electron chi connectivity index (χ3n) is 4.35. The summed E-state index contributed by atoms with van der Waals surface area (Å²) in [5, 5.41) is 0. The van der Waals surface area contributed by atoms with Crippen molar-refractivity contribution >= 4 is 11.8 Å². The normalized spacial score (nSPS) is 16.2. The van der Waals surface area contributed by atoms with Crippen molar-refractivity contribution in [1.82, 2.24) is 9.88 Å². The van der Waals surface area contributed by atoms with Crippen LogP contribution in [-0.2, 0) is 28.7 Å². The predicted molar refractivity (Wildman–Crippen MR) is 87.7 cm³/mol. The second-order valence-electron chi connectivity index (χ2n) is 6.39. The first-order chi connectivity index (χ1) is 12.3. The third-order valence-corrected chi connectivity index (χ3v) is 4.35. The van der Waals surface area contributed by atoms with E-state index in [2.05, 4.69) is 4.98 Å². The van der Waals surface area contributed by atoms with Gasteiger partial charge in [0.15, 0.2) is 0 Å². The number of nitrogens with zero attached hydrogens (tertiary/aromatic N) is 2. The van der Waals surface area contributed by atoms with Crippen LogP contribution in [0.5, 0.6) is 0 Å². The van der Waals surface area contributed by atoms with Gasteiger partial charge in [-0.15, -0.1) is 0 Å². The molecule has 1 aliphatic heterocycles. The van der Waals surface area contributed by atoms with Crippen LogP contribution in [0.3, 0.4) is 0 Å². The van der Waals surface area contributed by atoms with E-state index in [0.717, 1.165) is 22.7 Å². The summed E-state index contributed by atoms with van der Waals surface area (Å²) in [4.78, 5) is 29.1. The highest BCUT2D eigenvalue weighted by Crippen LogP contribution is 2.28. The average molecular weight is 362 g/mol. The molecule has 0 saturated carbocycles. The maximum atomic E-state index is 12.5. The molecule has 1 fully saturated rings. The molecule has 1 aromatic heterocycles. The van der Waals surface area contributed by atoms with E-state index in [4.69, 9.17) is 0 Å². The molecule has 3 rings (SSSR count). The standard InChI is InChI=1S/C19H17F3N2O2/c20-19(21,22)16-7-6-14(11-23-16)12-24-17(25)9-15(10-18(24)26)8-13-4-2-1-3-5-13/h1-7,11,15H,8-10,12H2. The highest BCUT2D eigenvalue weighted by atomic mass is 19.4. The fraction of sp³-hybridized carbons (Fsp3) is 0.316. The van der Waals surface area contributed by atoms with Gasteiger partial charge in [-0.05, 0) is 29.5 Å². The van der Waals surface area contributed by atoms with Crippen molar-refractivity contribution in [2.24, 2.45) is 5.92 Å². The minimum atomic E-state index is -4.51. The van der Waals surface area contributed by atoms with Gasteiger partial charge in [0, 0.05) is 19.0 Å². The Morgan fingerprint density at radius 3 is 2.15 bits per heavy atom. The molecule has 136 valence electrons. The van der Waals surface area contributed by atoms with E-state index in [1.54, 1.807) is 0 Å². The number of imide groups is 1. The van der Waals surface area contributed by atoms with Gasteiger partial charge in [-0.1, -0.05) is 36.4 Å². The summed E-state index contributed by atoms with van der Waals surface area (Å²) in [6.07, 6.45) is -2.32. The van der Waals surface area contributed by atoms with Crippen LogP contribution in [0.1, 0.15) is 29.7 Å². The van der Waals surface area contributed by atoms with Crippen molar-refractivity contribution in [2.75, 3.05) is 0 Å². The molecule has 0 unspecified atom stereocenters. The number of benzene rings is 1. The minimum Gasteiger partial charge on any atom is -0.278 e. The number of likely N-dealkylation sites (tertiary alicyclic amines) is 1. The fourth-order valence-electron chi connectivity index (χ4n) is 3.06. The zero-order valence-electron chi connectivity index (χ0n) is 13.9. The Morgan fingerprint density at radius 2 is 1.62 bits per heavy atom. The largest absolute Gasteiger partial charge is 0.433 e. The molecule has 2 heterocycles. The van der Waals surface area contributed by atoms with Crippen molar-refractivity contribution in [1.29, 1.82) is 0 Å². The van der Waals surface area contributed by atoms with Crippen LogP contribution in [0.25, 0.3) is 0 Å². The lowest BCUT2D eigenvalue weighted by atomic mass is 9.89. The Bertz CT molecular complexity index is 771. The minimum absolute atomic E-state index is 0.0547. The second-order valence-corrected chi connectivity index (χ2v) is 6.39. The van der Waals surface area contributed by atoms with Gasteiger partial charge < -0.3 is 0 Å². The summed E-state index contributed by atoms with van der Waals surface area (Å²) in [5.74, 6) is -0.663. The first-order valence-electron chi connectivity index (χ1n) is 8.22. The lowest BCUT2D eigenvalue weighted by Crippen LogP contribution is -2.43. The van der Waals surface area contributed by atoms with Crippen molar-refractivity contribution in [2.45, 2.75) is 32.0 Å². The number of piperidine rings is 1. The molecule has 7 heteroatoms. The molecule has 0 radical (unpaired) electrons.